The van der Waals surface area contributed by atoms with Crippen LogP contribution in [0.15, 0.2) is 6.07 Å². The van der Waals surface area contributed by atoms with Gasteiger partial charge in [0.1, 0.15) is 6.61 Å². The second-order valence-corrected chi connectivity index (χ2v) is 3.34. The second kappa shape index (κ2) is 4.74. The summed E-state index contributed by atoms with van der Waals surface area (Å²) >= 11 is 0. The van der Waals surface area contributed by atoms with E-state index in [0.29, 0.717) is 11.1 Å². The molecule has 0 saturated carbocycles. The smallest absolute Gasteiger partial charge is 0.302 e. The molecule has 1 aromatic rings. The molecule has 0 aromatic heterocycles. The Kier molecular flexibility index (Phi) is 3.60. The van der Waals surface area contributed by atoms with Gasteiger partial charge < -0.3 is 19.7 Å². The third-order valence-corrected chi connectivity index (χ3v) is 2.23. The minimum Gasteiger partial charge on any atom is -0.504 e. The molecular weight excluding hydrogens is 212 g/mol. The number of phenols is 2. The first kappa shape index (κ1) is 12.2. The summed E-state index contributed by atoms with van der Waals surface area (Å²) in [6.07, 6.45) is 0. The van der Waals surface area contributed by atoms with E-state index in [1.165, 1.54) is 20.1 Å². The van der Waals surface area contributed by atoms with Crippen LogP contribution < -0.4 is 4.74 Å². The molecular formula is C11H14O5. The maximum Gasteiger partial charge on any atom is 0.302 e. The molecule has 88 valence electrons. The van der Waals surface area contributed by atoms with E-state index >= 15 is 0 Å². The fourth-order valence-corrected chi connectivity index (χ4v) is 1.36. The molecule has 0 bridgehead atoms. The van der Waals surface area contributed by atoms with Crippen LogP contribution in [0.1, 0.15) is 18.1 Å². The maximum absolute atomic E-state index is 10.7. The van der Waals surface area contributed by atoms with Crippen LogP contribution in [0.25, 0.3) is 0 Å². The van der Waals surface area contributed by atoms with E-state index in [1.54, 1.807) is 6.92 Å². The van der Waals surface area contributed by atoms with E-state index in [2.05, 4.69) is 0 Å². The van der Waals surface area contributed by atoms with Crippen LogP contribution in [0.2, 0.25) is 0 Å². The molecule has 0 heterocycles. The van der Waals surface area contributed by atoms with E-state index in [0.717, 1.165) is 0 Å². The molecule has 0 aliphatic rings. The number of phenolic OH excluding ortho intramolecular Hbond substituents is 2. The second-order valence-electron chi connectivity index (χ2n) is 3.34. The van der Waals surface area contributed by atoms with Crippen LogP contribution >= 0.6 is 0 Å². The van der Waals surface area contributed by atoms with Gasteiger partial charge in [-0.3, -0.25) is 4.79 Å². The van der Waals surface area contributed by atoms with E-state index < -0.39 is 5.97 Å². The molecule has 0 spiro atoms. The molecule has 5 nitrogen and oxygen atoms in total. The highest BCUT2D eigenvalue weighted by atomic mass is 16.5. The molecule has 0 saturated heterocycles. The average Bonchev–Trinajstić information content (AvgIpc) is 2.22. The largest absolute Gasteiger partial charge is 0.504 e. The fourth-order valence-electron chi connectivity index (χ4n) is 1.36. The molecule has 1 rings (SSSR count). The lowest BCUT2D eigenvalue weighted by atomic mass is 10.1. The molecule has 0 fully saturated rings. The van der Waals surface area contributed by atoms with Crippen molar-refractivity contribution in [3.8, 4) is 17.2 Å². The van der Waals surface area contributed by atoms with Crippen molar-refractivity contribution in [2.24, 2.45) is 0 Å². The Labute approximate surface area is 93.2 Å². The Morgan fingerprint density at radius 1 is 1.44 bits per heavy atom. The normalized spacial score (nSPS) is 9.94. The number of benzene rings is 1. The standard InChI is InChI=1S/C11H14O5/c1-6-8(5-16-7(2)12)4-9(13)10(14)11(6)15-3/h4,13-14H,5H2,1-3H3. The lowest BCUT2D eigenvalue weighted by Crippen LogP contribution is -2.02. The quantitative estimate of drug-likeness (QED) is 0.603. The van der Waals surface area contributed by atoms with Gasteiger partial charge in [-0.25, -0.2) is 0 Å². The van der Waals surface area contributed by atoms with Crippen molar-refractivity contribution in [3.05, 3.63) is 17.2 Å². The summed E-state index contributed by atoms with van der Waals surface area (Å²) in [4.78, 5) is 10.7. The van der Waals surface area contributed by atoms with Gasteiger partial charge in [0.2, 0.25) is 5.75 Å². The summed E-state index contributed by atoms with van der Waals surface area (Å²) in [5, 5.41) is 18.9. The van der Waals surface area contributed by atoms with Gasteiger partial charge in [0, 0.05) is 12.5 Å². The Hall–Kier alpha value is -1.91. The van der Waals surface area contributed by atoms with Gasteiger partial charge in [-0.2, -0.15) is 0 Å². The first-order chi connectivity index (χ1) is 7.47. The van der Waals surface area contributed by atoms with Gasteiger partial charge in [-0.05, 0) is 18.6 Å². The highest BCUT2D eigenvalue weighted by Crippen LogP contribution is 2.40. The minimum absolute atomic E-state index is 0.0331. The summed E-state index contributed by atoms with van der Waals surface area (Å²) in [5.74, 6) is -0.843. The van der Waals surface area contributed by atoms with Crippen molar-refractivity contribution in [2.75, 3.05) is 7.11 Å². The van der Waals surface area contributed by atoms with Crippen molar-refractivity contribution >= 4 is 5.97 Å². The van der Waals surface area contributed by atoms with Gasteiger partial charge in [0.05, 0.1) is 7.11 Å². The monoisotopic (exact) mass is 226 g/mol. The van der Waals surface area contributed by atoms with Gasteiger partial charge >= 0.3 is 5.97 Å². The van der Waals surface area contributed by atoms with Gasteiger partial charge in [-0.15, -0.1) is 0 Å². The van der Waals surface area contributed by atoms with E-state index in [9.17, 15) is 15.0 Å². The van der Waals surface area contributed by atoms with Gasteiger partial charge in [0.15, 0.2) is 11.5 Å². The van der Waals surface area contributed by atoms with Crippen molar-refractivity contribution in [1.29, 1.82) is 0 Å². The molecule has 2 N–H and O–H groups in total. The minimum atomic E-state index is -0.411. The SMILES string of the molecule is COc1c(C)c(COC(C)=O)cc(O)c1O. The summed E-state index contributed by atoms with van der Waals surface area (Å²) in [5.41, 5.74) is 1.21. The van der Waals surface area contributed by atoms with Gasteiger partial charge in [0.25, 0.3) is 0 Å². The van der Waals surface area contributed by atoms with Crippen LogP contribution in [0.4, 0.5) is 0 Å². The molecule has 0 unspecified atom stereocenters. The van der Waals surface area contributed by atoms with Crippen LogP contribution in [-0.2, 0) is 16.1 Å². The number of carbonyl (C=O) groups excluding carboxylic acids is 1. The van der Waals surface area contributed by atoms with Crippen LogP contribution in [0.5, 0.6) is 17.2 Å². The van der Waals surface area contributed by atoms with Crippen molar-refractivity contribution in [2.45, 2.75) is 20.5 Å². The zero-order valence-corrected chi connectivity index (χ0v) is 9.40. The maximum atomic E-state index is 10.7. The molecule has 0 aliphatic carbocycles. The highest BCUT2D eigenvalue weighted by Gasteiger charge is 2.15. The summed E-state index contributed by atoms with van der Waals surface area (Å²) in [6, 6.07) is 1.34. The number of hydrogen-bond acceptors (Lipinski definition) is 5. The van der Waals surface area contributed by atoms with Gasteiger partial charge in [-0.1, -0.05) is 0 Å². The number of esters is 1. The summed E-state index contributed by atoms with van der Waals surface area (Å²) < 4.78 is 9.77. The summed E-state index contributed by atoms with van der Waals surface area (Å²) in [6.45, 7) is 3.04. The molecule has 5 heteroatoms. The zero-order chi connectivity index (χ0) is 12.3. The van der Waals surface area contributed by atoms with Crippen LogP contribution in [0.3, 0.4) is 0 Å². The lowest BCUT2D eigenvalue weighted by Gasteiger charge is -2.13. The third-order valence-electron chi connectivity index (χ3n) is 2.23. The Morgan fingerprint density at radius 2 is 2.06 bits per heavy atom. The number of ether oxygens (including phenoxy) is 2. The first-order valence-electron chi connectivity index (χ1n) is 4.69. The molecule has 0 radical (unpaired) electrons. The number of methoxy groups -OCH3 is 1. The van der Waals surface area contributed by atoms with E-state index in [-0.39, 0.29) is 23.9 Å². The van der Waals surface area contributed by atoms with Crippen LogP contribution in [-0.4, -0.2) is 23.3 Å². The highest BCUT2D eigenvalue weighted by molar-refractivity contribution is 5.66. The fraction of sp³-hybridized carbons (Fsp3) is 0.364. The molecule has 1 aromatic carbocycles. The molecule has 16 heavy (non-hydrogen) atoms. The number of hydrogen-bond donors (Lipinski definition) is 2. The van der Waals surface area contributed by atoms with Crippen molar-refractivity contribution in [3.63, 3.8) is 0 Å². The predicted octanol–water partition coefficient (Wildman–Crippen LogP) is 1.48. The van der Waals surface area contributed by atoms with E-state index in [4.69, 9.17) is 9.47 Å². The number of carbonyl (C=O) groups is 1. The molecule has 0 amide bonds. The Morgan fingerprint density at radius 3 is 2.56 bits per heavy atom. The zero-order valence-electron chi connectivity index (χ0n) is 9.40. The first-order valence-corrected chi connectivity index (χ1v) is 4.69. The Bertz CT molecular complexity index is 411. The Balaban J connectivity index is 3.10. The molecule has 0 aliphatic heterocycles. The lowest BCUT2D eigenvalue weighted by molar-refractivity contribution is -0.142. The predicted molar refractivity (Wildman–Crippen MR) is 56.5 cm³/mol. The van der Waals surface area contributed by atoms with Crippen LogP contribution in [0, 0.1) is 6.92 Å². The average molecular weight is 226 g/mol. The number of aromatic hydroxyl groups is 2. The topological polar surface area (TPSA) is 76.0 Å². The van der Waals surface area contributed by atoms with Crippen molar-refractivity contribution in [1.82, 2.24) is 0 Å². The molecule has 0 atom stereocenters. The third kappa shape index (κ3) is 2.36. The van der Waals surface area contributed by atoms with E-state index in [1.807, 2.05) is 0 Å². The number of rotatable bonds is 3. The van der Waals surface area contributed by atoms with Crippen molar-refractivity contribution < 1.29 is 24.5 Å². The summed E-state index contributed by atoms with van der Waals surface area (Å²) in [7, 11) is 1.39.